The van der Waals surface area contributed by atoms with Crippen molar-refractivity contribution in [3.05, 3.63) is 11.8 Å². The zero-order chi connectivity index (χ0) is 12.0. The van der Waals surface area contributed by atoms with Crippen LogP contribution in [0.2, 0.25) is 0 Å². The number of allylic oxidation sites excluding steroid dienone is 1. The number of alkyl halides is 5. The van der Waals surface area contributed by atoms with Crippen LogP contribution in [0.5, 0.6) is 0 Å². The van der Waals surface area contributed by atoms with E-state index in [-0.39, 0.29) is 19.4 Å². The van der Waals surface area contributed by atoms with Gasteiger partial charge < -0.3 is 4.74 Å². The molecule has 0 unspecified atom stereocenters. The van der Waals surface area contributed by atoms with Gasteiger partial charge >= 0.3 is 11.8 Å². The number of ether oxygens (including phenoxy) is 1. The van der Waals surface area contributed by atoms with Crippen LogP contribution in [0.25, 0.3) is 0 Å². The van der Waals surface area contributed by atoms with Gasteiger partial charge in [-0.15, -0.1) is 0 Å². The van der Waals surface area contributed by atoms with Crippen molar-refractivity contribution in [2.45, 2.75) is 43.2 Å². The first-order valence-corrected chi connectivity index (χ1v) is 5.09. The van der Waals surface area contributed by atoms with Crippen molar-refractivity contribution in [2.24, 2.45) is 0 Å². The molecule has 2 rings (SSSR count). The molecule has 6 heteroatoms. The maximum Gasteiger partial charge on any atom is 0.368 e. The molecular weight excluding hydrogens is 231 g/mol. The summed E-state index contributed by atoms with van der Waals surface area (Å²) >= 11 is 0. The summed E-state index contributed by atoms with van der Waals surface area (Å²) in [6.45, 7) is -0.0553. The summed E-state index contributed by atoms with van der Waals surface area (Å²) in [6, 6.07) is 0. The Hall–Kier alpha value is -0.810. The van der Waals surface area contributed by atoms with Crippen molar-refractivity contribution in [1.82, 2.24) is 0 Å². The number of hydrogen-bond acceptors (Lipinski definition) is 1. The minimum Gasteiger partial charge on any atom is -0.491 e. The van der Waals surface area contributed by atoms with E-state index in [1.807, 2.05) is 0 Å². The number of halogens is 5. The van der Waals surface area contributed by atoms with Crippen LogP contribution in [-0.2, 0) is 4.74 Å². The summed E-state index contributed by atoms with van der Waals surface area (Å²) < 4.78 is 71.7. The minimum absolute atomic E-state index is 0.0553. The zero-order valence-corrected chi connectivity index (χ0v) is 8.41. The molecule has 1 saturated carbocycles. The highest BCUT2D eigenvalue weighted by Gasteiger charge is 2.73. The van der Waals surface area contributed by atoms with Gasteiger partial charge in [-0.05, 0) is 25.3 Å². The topological polar surface area (TPSA) is 9.23 Å². The zero-order valence-electron chi connectivity index (χ0n) is 8.41. The van der Waals surface area contributed by atoms with Crippen LogP contribution < -0.4 is 0 Å². The predicted octanol–water partition coefficient (Wildman–Crippen LogP) is 3.45. The first kappa shape index (κ1) is 11.7. The number of hydrogen-bond donors (Lipinski definition) is 0. The largest absolute Gasteiger partial charge is 0.491 e. The quantitative estimate of drug-likeness (QED) is 0.689. The molecule has 0 saturated heterocycles. The molecule has 1 aliphatic heterocycles. The van der Waals surface area contributed by atoms with E-state index < -0.39 is 36.1 Å². The first-order valence-electron chi connectivity index (χ1n) is 5.09. The highest BCUT2D eigenvalue weighted by Crippen LogP contribution is 2.56. The van der Waals surface area contributed by atoms with Gasteiger partial charge in [0.15, 0.2) is 11.4 Å². The molecule has 16 heavy (non-hydrogen) atoms. The molecule has 0 aromatic heterocycles. The fourth-order valence-corrected chi connectivity index (χ4v) is 1.87. The smallest absolute Gasteiger partial charge is 0.368 e. The van der Waals surface area contributed by atoms with Gasteiger partial charge in [-0.3, -0.25) is 0 Å². The van der Waals surface area contributed by atoms with Gasteiger partial charge in [0, 0.05) is 6.42 Å². The Morgan fingerprint density at radius 2 is 1.81 bits per heavy atom. The molecule has 1 heterocycles. The van der Waals surface area contributed by atoms with E-state index in [1.165, 1.54) is 0 Å². The lowest BCUT2D eigenvalue weighted by atomic mass is 9.74. The number of rotatable bonds is 3. The van der Waals surface area contributed by atoms with Crippen molar-refractivity contribution in [3.8, 4) is 0 Å². The molecule has 0 bridgehead atoms. The third-order valence-corrected chi connectivity index (χ3v) is 3.12. The minimum atomic E-state index is -4.70. The normalized spacial score (nSPS) is 24.7. The average Bonchev–Trinajstić information content (AvgIpc) is 2.66. The molecule has 0 atom stereocenters. The molecule has 0 aromatic rings. The van der Waals surface area contributed by atoms with Crippen LogP contribution in [0.4, 0.5) is 22.0 Å². The van der Waals surface area contributed by atoms with Crippen molar-refractivity contribution < 1.29 is 26.7 Å². The van der Waals surface area contributed by atoms with Crippen LogP contribution in [0.3, 0.4) is 0 Å². The van der Waals surface area contributed by atoms with E-state index in [0.717, 1.165) is 6.08 Å². The van der Waals surface area contributed by atoms with Crippen LogP contribution in [0.15, 0.2) is 11.8 Å². The Morgan fingerprint density at radius 1 is 1.19 bits per heavy atom. The summed E-state index contributed by atoms with van der Waals surface area (Å²) in [5, 5.41) is 0. The van der Waals surface area contributed by atoms with E-state index in [2.05, 4.69) is 4.74 Å². The predicted molar refractivity (Wildman–Crippen MR) is 46.2 cm³/mol. The molecule has 1 nitrogen and oxygen atoms in total. The Bertz CT molecular complexity index is 319. The lowest BCUT2D eigenvalue weighted by Gasteiger charge is -2.43. The highest BCUT2D eigenvalue weighted by molar-refractivity contribution is 5.20. The maximum atomic E-state index is 13.5. The van der Waals surface area contributed by atoms with E-state index in [4.69, 9.17) is 0 Å². The summed E-state index contributed by atoms with van der Waals surface area (Å²) in [5.74, 6) is -10.4. The second-order valence-electron chi connectivity index (χ2n) is 4.17. The monoisotopic (exact) mass is 242 g/mol. The standard InChI is InChI=1S/C10H11F5O/c11-8(4-2-5-8)10(14,15)9(12,13)7-3-1-6-16-7/h3H,1-2,4-6H2. The molecule has 92 valence electrons. The molecule has 1 aliphatic carbocycles. The van der Waals surface area contributed by atoms with Crippen molar-refractivity contribution in [1.29, 1.82) is 0 Å². The van der Waals surface area contributed by atoms with Gasteiger partial charge in [0.1, 0.15) is 0 Å². The molecule has 1 fully saturated rings. The van der Waals surface area contributed by atoms with Gasteiger partial charge in [0.2, 0.25) is 0 Å². The van der Waals surface area contributed by atoms with Crippen molar-refractivity contribution in [2.75, 3.05) is 6.61 Å². The van der Waals surface area contributed by atoms with Crippen LogP contribution in [0.1, 0.15) is 25.7 Å². The summed E-state index contributed by atoms with van der Waals surface area (Å²) in [7, 11) is 0. The van der Waals surface area contributed by atoms with E-state index in [0.29, 0.717) is 0 Å². The highest BCUT2D eigenvalue weighted by atomic mass is 19.3. The first-order chi connectivity index (χ1) is 7.31. The molecule has 0 spiro atoms. The van der Waals surface area contributed by atoms with Gasteiger partial charge in [-0.2, -0.15) is 17.6 Å². The molecule has 0 N–H and O–H groups in total. The SMILES string of the molecule is FC1(C(F)(F)C(F)(F)C2=CCCO2)CCC1. The van der Waals surface area contributed by atoms with Gasteiger partial charge in [-0.25, -0.2) is 4.39 Å². The van der Waals surface area contributed by atoms with Crippen molar-refractivity contribution in [3.63, 3.8) is 0 Å². The average molecular weight is 242 g/mol. The fraction of sp³-hybridized carbons (Fsp3) is 0.800. The third-order valence-electron chi connectivity index (χ3n) is 3.12. The second-order valence-corrected chi connectivity index (χ2v) is 4.17. The third kappa shape index (κ3) is 1.34. The van der Waals surface area contributed by atoms with Gasteiger partial charge in [0.05, 0.1) is 6.61 Å². The van der Waals surface area contributed by atoms with Crippen LogP contribution in [-0.4, -0.2) is 24.1 Å². The Morgan fingerprint density at radius 3 is 2.19 bits per heavy atom. The molecular formula is C10H11F5O. The van der Waals surface area contributed by atoms with Gasteiger partial charge in [0.25, 0.3) is 0 Å². The van der Waals surface area contributed by atoms with Gasteiger partial charge in [-0.1, -0.05) is 0 Å². The molecule has 2 aliphatic rings. The lowest BCUT2D eigenvalue weighted by Crippen LogP contribution is -2.60. The lowest BCUT2D eigenvalue weighted by molar-refractivity contribution is -0.283. The summed E-state index contributed by atoms with van der Waals surface area (Å²) in [4.78, 5) is 0. The Balaban J connectivity index is 2.27. The summed E-state index contributed by atoms with van der Waals surface area (Å²) in [6.07, 6.45) is 0.212. The van der Waals surface area contributed by atoms with E-state index in [9.17, 15) is 22.0 Å². The molecule has 0 radical (unpaired) electrons. The Labute approximate surface area is 89.3 Å². The van der Waals surface area contributed by atoms with E-state index >= 15 is 0 Å². The van der Waals surface area contributed by atoms with Crippen LogP contribution in [0, 0.1) is 0 Å². The van der Waals surface area contributed by atoms with E-state index in [1.54, 1.807) is 0 Å². The maximum absolute atomic E-state index is 13.5. The van der Waals surface area contributed by atoms with Crippen molar-refractivity contribution >= 4 is 0 Å². The molecule has 0 amide bonds. The fourth-order valence-electron chi connectivity index (χ4n) is 1.87. The molecule has 0 aromatic carbocycles. The van der Waals surface area contributed by atoms with Crippen LogP contribution >= 0.6 is 0 Å². The summed E-state index contributed by atoms with van der Waals surface area (Å²) in [5.41, 5.74) is -3.09. The Kier molecular flexibility index (Phi) is 2.44. The second kappa shape index (κ2) is 3.34.